The number of nitrogens with one attached hydrogen (secondary N) is 1. The zero-order chi connectivity index (χ0) is 41.7. The highest BCUT2D eigenvalue weighted by Gasteiger charge is 2.31. The van der Waals surface area contributed by atoms with Gasteiger partial charge in [0.1, 0.15) is 17.2 Å². The molecule has 0 radical (unpaired) electrons. The summed E-state index contributed by atoms with van der Waals surface area (Å²) < 4.78 is 18.3. The molecule has 0 unspecified atom stereocenters. The number of likely N-dealkylation sites (tertiary alicyclic amines) is 1. The SMILES string of the molecule is CCOC(=O)CN1CCC(C)(CCCOc2ccc(-c3ccc(N4CCc5cccc(C(=O)Nc6nc7ccccc7s6)c5C4)nc3C(=O)OC(C)(C)C)c(C)c2)CC1. The molecule has 1 fully saturated rings. The minimum absolute atomic E-state index is 0.149. The van der Waals surface area contributed by atoms with Crippen LogP contribution in [0.25, 0.3) is 21.3 Å². The van der Waals surface area contributed by atoms with Crippen LogP contribution in [-0.4, -0.2) is 77.7 Å². The molecule has 1 saturated heterocycles. The van der Waals surface area contributed by atoms with E-state index in [0.717, 1.165) is 83.4 Å². The van der Waals surface area contributed by atoms with E-state index in [0.29, 0.717) is 54.9 Å². The number of carbonyl (C=O) groups is 3. The number of rotatable bonds is 13. The minimum Gasteiger partial charge on any atom is -0.494 e. The van der Waals surface area contributed by atoms with Crippen LogP contribution in [0, 0.1) is 12.3 Å². The first-order valence-electron chi connectivity index (χ1n) is 20.7. The maximum Gasteiger partial charge on any atom is 0.358 e. The van der Waals surface area contributed by atoms with Gasteiger partial charge in [-0.25, -0.2) is 14.8 Å². The summed E-state index contributed by atoms with van der Waals surface area (Å²) in [7, 11) is 0. The Kier molecular flexibility index (Phi) is 12.7. The predicted molar refractivity (Wildman–Crippen MR) is 233 cm³/mol. The van der Waals surface area contributed by atoms with Crippen molar-refractivity contribution in [3.05, 3.63) is 101 Å². The number of thiazole rings is 1. The molecule has 4 heterocycles. The Hall–Kier alpha value is -5.33. The molecule has 0 saturated carbocycles. The Morgan fingerprint density at radius 1 is 0.932 bits per heavy atom. The number of pyridine rings is 1. The van der Waals surface area contributed by atoms with E-state index < -0.39 is 11.6 Å². The monoisotopic (exact) mass is 817 g/mol. The summed E-state index contributed by atoms with van der Waals surface area (Å²) in [6.45, 7) is 16.1. The Morgan fingerprint density at radius 2 is 1.71 bits per heavy atom. The van der Waals surface area contributed by atoms with Crippen molar-refractivity contribution in [3.63, 3.8) is 0 Å². The molecule has 11 nitrogen and oxygen atoms in total. The first-order valence-corrected chi connectivity index (χ1v) is 21.5. The average Bonchev–Trinajstić information content (AvgIpc) is 3.62. The van der Waals surface area contributed by atoms with Crippen LogP contribution in [0.4, 0.5) is 10.9 Å². The van der Waals surface area contributed by atoms with E-state index in [1.54, 1.807) is 0 Å². The van der Waals surface area contributed by atoms with Gasteiger partial charge in [-0.1, -0.05) is 48.6 Å². The van der Waals surface area contributed by atoms with Crippen molar-refractivity contribution in [3.8, 4) is 16.9 Å². The summed E-state index contributed by atoms with van der Waals surface area (Å²) in [6, 6.07) is 23.5. The second-order valence-electron chi connectivity index (χ2n) is 16.9. The molecule has 1 amide bonds. The topological polar surface area (TPSA) is 123 Å². The van der Waals surface area contributed by atoms with Gasteiger partial charge in [0, 0.05) is 24.2 Å². The van der Waals surface area contributed by atoms with Crippen LogP contribution in [0.1, 0.15) is 97.8 Å². The summed E-state index contributed by atoms with van der Waals surface area (Å²) in [5.74, 6) is 0.561. The molecule has 0 spiro atoms. The van der Waals surface area contributed by atoms with Crippen molar-refractivity contribution >= 4 is 50.3 Å². The zero-order valence-corrected chi connectivity index (χ0v) is 35.9. The quantitative estimate of drug-likeness (QED) is 0.0909. The standard InChI is InChI=1S/C47H55N5O6S/c1-7-56-41(53)30-51-25-22-47(6,23-26-51)21-11-27-57-33-16-17-34(31(2)28-33)35-18-19-40(49-42(35)44(55)58-46(3,4)5)52-24-20-32-12-10-13-36(37(32)29-52)43(54)50-45-48-38-14-8-9-15-39(38)59-45/h8-10,12-19,28H,7,11,20-27,29-30H2,1-6H3,(H,48,50,54). The molecular weight excluding hydrogens is 763 g/mol. The molecule has 3 aromatic carbocycles. The molecule has 59 heavy (non-hydrogen) atoms. The number of anilines is 2. The van der Waals surface area contributed by atoms with Gasteiger partial charge in [-0.05, 0) is 150 Å². The highest BCUT2D eigenvalue weighted by atomic mass is 32.1. The number of fused-ring (bicyclic) bond motifs is 2. The number of piperidine rings is 1. The van der Waals surface area contributed by atoms with E-state index in [1.165, 1.54) is 11.3 Å². The van der Waals surface area contributed by atoms with Gasteiger partial charge in [0.25, 0.3) is 5.91 Å². The van der Waals surface area contributed by atoms with Crippen molar-refractivity contribution < 1.29 is 28.6 Å². The number of hydrogen-bond acceptors (Lipinski definition) is 11. The van der Waals surface area contributed by atoms with Crippen molar-refractivity contribution in [2.45, 2.75) is 85.8 Å². The highest BCUT2D eigenvalue weighted by Crippen LogP contribution is 2.37. The van der Waals surface area contributed by atoms with Gasteiger partial charge >= 0.3 is 11.9 Å². The first kappa shape index (κ1) is 41.8. The Labute approximate surface area is 351 Å². The third-order valence-electron chi connectivity index (χ3n) is 11.2. The zero-order valence-electron chi connectivity index (χ0n) is 35.1. The summed E-state index contributed by atoms with van der Waals surface area (Å²) in [5.41, 5.74) is 5.74. The van der Waals surface area contributed by atoms with Crippen LogP contribution in [0.3, 0.4) is 0 Å². The number of para-hydroxylation sites is 1. The molecule has 310 valence electrons. The van der Waals surface area contributed by atoms with Crippen LogP contribution in [0.15, 0.2) is 72.8 Å². The summed E-state index contributed by atoms with van der Waals surface area (Å²) in [4.78, 5) is 53.3. The Balaban J connectivity index is 1.04. The average molecular weight is 818 g/mol. The van der Waals surface area contributed by atoms with Crippen molar-refractivity contribution in [1.82, 2.24) is 14.9 Å². The maximum absolute atomic E-state index is 13.9. The molecule has 0 atom stereocenters. The number of benzene rings is 3. The molecule has 2 aromatic heterocycles. The minimum atomic E-state index is -0.717. The van der Waals surface area contributed by atoms with Crippen LogP contribution in [0.5, 0.6) is 5.75 Å². The number of ether oxygens (including phenoxy) is 3. The fourth-order valence-corrected chi connectivity index (χ4v) is 8.87. The number of hydrogen-bond donors (Lipinski definition) is 1. The molecule has 12 heteroatoms. The molecule has 0 aliphatic carbocycles. The van der Waals surface area contributed by atoms with Crippen molar-refractivity contribution in [1.29, 1.82) is 0 Å². The van der Waals surface area contributed by atoms with Gasteiger partial charge in [0.2, 0.25) is 0 Å². The molecule has 0 bridgehead atoms. The molecule has 1 N–H and O–H groups in total. The highest BCUT2D eigenvalue weighted by molar-refractivity contribution is 7.22. The number of amides is 1. The number of nitrogens with zero attached hydrogens (tertiary/aromatic N) is 4. The lowest BCUT2D eigenvalue weighted by Gasteiger charge is -2.39. The second kappa shape index (κ2) is 17.9. The molecular formula is C47H55N5O6S. The van der Waals surface area contributed by atoms with Gasteiger partial charge in [0.05, 0.1) is 30.0 Å². The first-order chi connectivity index (χ1) is 28.3. The van der Waals surface area contributed by atoms with Gasteiger partial charge in [0.15, 0.2) is 10.8 Å². The Bertz CT molecular complexity index is 2290. The smallest absolute Gasteiger partial charge is 0.358 e. The normalized spacial score (nSPS) is 15.4. The molecule has 5 aromatic rings. The van der Waals surface area contributed by atoms with E-state index >= 15 is 0 Å². The lowest BCUT2D eigenvalue weighted by molar-refractivity contribution is -0.145. The number of aromatic nitrogens is 2. The summed E-state index contributed by atoms with van der Waals surface area (Å²) in [6.07, 6.45) is 4.79. The number of carbonyl (C=O) groups excluding carboxylic acids is 3. The van der Waals surface area contributed by atoms with E-state index in [9.17, 15) is 14.4 Å². The summed E-state index contributed by atoms with van der Waals surface area (Å²) >= 11 is 1.45. The van der Waals surface area contributed by atoms with Crippen molar-refractivity contribution in [2.24, 2.45) is 5.41 Å². The van der Waals surface area contributed by atoms with Gasteiger partial charge in [-0.3, -0.25) is 19.8 Å². The van der Waals surface area contributed by atoms with Crippen LogP contribution in [0.2, 0.25) is 0 Å². The Morgan fingerprint density at radius 3 is 2.46 bits per heavy atom. The van der Waals surface area contributed by atoms with Gasteiger partial charge < -0.3 is 19.1 Å². The lowest BCUT2D eigenvalue weighted by atomic mass is 9.77. The fourth-order valence-electron chi connectivity index (χ4n) is 8.01. The van der Waals surface area contributed by atoms with Crippen LogP contribution >= 0.6 is 11.3 Å². The van der Waals surface area contributed by atoms with Gasteiger partial charge in [-0.15, -0.1) is 0 Å². The largest absolute Gasteiger partial charge is 0.494 e. The molecule has 2 aliphatic rings. The molecule has 2 aliphatic heterocycles. The predicted octanol–water partition coefficient (Wildman–Crippen LogP) is 9.26. The third kappa shape index (κ3) is 10.3. The van der Waals surface area contributed by atoms with E-state index in [4.69, 9.17) is 19.2 Å². The summed E-state index contributed by atoms with van der Waals surface area (Å²) in [5, 5.41) is 3.58. The fraction of sp³-hybridized carbons (Fsp3) is 0.426. The number of aryl methyl sites for hydroxylation is 1. The van der Waals surface area contributed by atoms with Crippen LogP contribution in [-0.2, 0) is 27.2 Å². The molecule has 7 rings (SSSR count). The van der Waals surface area contributed by atoms with E-state index in [2.05, 4.69) is 33.1 Å². The van der Waals surface area contributed by atoms with Crippen molar-refractivity contribution in [2.75, 3.05) is 49.6 Å². The lowest BCUT2D eigenvalue weighted by Crippen LogP contribution is -2.41. The second-order valence-corrected chi connectivity index (χ2v) is 18.0. The maximum atomic E-state index is 13.9. The third-order valence-corrected chi connectivity index (χ3v) is 12.2. The number of esters is 2. The van der Waals surface area contributed by atoms with Gasteiger partial charge in [-0.2, -0.15) is 0 Å². The van der Waals surface area contributed by atoms with E-state index in [-0.39, 0.29) is 23.0 Å². The van der Waals surface area contributed by atoms with E-state index in [1.807, 2.05) is 101 Å². The van der Waals surface area contributed by atoms with Crippen LogP contribution < -0.4 is 15.0 Å².